The summed E-state index contributed by atoms with van der Waals surface area (Å²) in [6, 6.07) is 9.41. The molecule has 4 heteroatoms. The van der Waals surface area contributed by atoms with Crippen LogP contribution in [-0.4, -0.2) is 7.25 Å². The van der Waals surface area contributed by atoms with Gasteiger partial charge in [0.2, 0.25) is 0 Å². The van der Waals surface area contributed by atoms with Crippen LogP contribution in [0.5, 0.6) is 0 Å². The van der Waals surface area contributed by atoms with Crippen LogP contribution in [0.2, 0.25) is 0 Å². The monoisotopic (exact) mass is 356 g/mol. The number of alkyl halides is 3. The number of hydrogen-bond acceptors (Lipinski definition) is 1. The number of aliphatic hydroxyl groups excluding tert-OH is 1. The van der Waals surface area contributed by atoms with Gasteiger partial charge in [-0.3, -0.25) is 0 Å². The second-order valence-electron chi connectivity index (χ2n) is 2.35. The highest BCUT2D eigenvalue weighted by Crippen LogP contribution is 2.44. The second kappa shape index (κ2) is 4.22. The van der Waals surface area contributed by atoms with E-state index in [1.54, 1.807) is 0 Å². The molecule has 0 heterocycles. The molecule has 0 radical (unpaired) electrons. The summed E-state index contributed by atoms with van der Waals surface area (Å²) in [6.07, 6.45) is -0.626. The van der Waals surface area contributed by atoms with E-state index in [1.165, 1.54) is 0 Å². The Balaban J connectivity index is 2.86. The molecular formula is C8H7Br3O. The van der Waals surface area contributed by atoms with Crippen LogP contribution in [0, 0.1) is 0 Å². The SMILES string of the molecule is O[C@H](c1ccccc1)C(Br)(Br)Br. The Bertz CT molecular complexity index is 242. The van der Waals surface area contributed by atoms with Crippen LogP contribution in [-0.2, 0) is 0 Å². The number of hydrogen-bond donors (Lipinski definition) is 1. The second-order valence-corrected chi connectivity index (χ2v) is 9.30. The highest BCUT2D eigenvalue weighted by molar-refractivity contribution is 9.39. The van der Waals surface area contributed by atoms with Crippen molar-refractivity contribution in [3.8, 4) is 0 Å². The highest BCUT2D eigenvalue weighted by Gasteiger charge is 2.29. The molecule has 0 unspecified atom stereocenters. The fourth-order valence-corrected chi connectivity index (χ4v) is 1.62. The van der Waals surface area contributed by atoms with Crippen molar-refractivity contribution in [1.82, 2.24) is 0 Å². The fraction of sp³-hybridized carbons (Fsp3) is 0.250. The zero-order valence-corrected chi connectivity index (χ0v) is 10.8. The van der Waals surface area contributed by atoms with Crippen LogP contribution in [0.25, 0.3) is 0 Å². The highest BCUT2D eigenvalue weighted by atomic mass is 80.0. The Kier molecular flexibility index (Phi) is 3.76. The average molecular weight is 359 g/mol. The first kappa shape index (κ1) is 10.7. The summed E-state index contributed by atoms with van der Waals surface area (Å²) in [4.78, 5) is 0. The van der Waals surface area contributed by atoms with Gasteiger partial charge >= 0.3 is 0 Å². The average Bonchev–Trinajstić information content (AvgIpc) is 2.03. The maximum atomic E-state index is 9.72. The lowest BCUT2D eigenvalue weighted by Gasteiger charge is -2.20. The molecule has 1 aromatic rings. The smallest absolute Gasteiger partial charge is 0.164 e. The molecular weight excluding hydrogens is 352 g/mol. The summed E-state index contributed by atoms with van der Waals surface area (Å²) in [6.45, 7) is 0. The molecule has 0 saturated heterocycles. The molecule has 1 atom stereocenters. The zero-order valence-electron chi connectivity index (χ0n) is 6.05. The Hall–Kier alpha value is 0.620. The molecule has 1 rings (SSSR count). The molecule has 0 fully saturated rings. The molecule has 0 saturated carbocycles. The van der Waals surface area contributed by atoms with Crippen molar-refractivity contribution in [2.24, 2.45) is 0 Å². The van der Waals surface area contributed by atoms with Crippen molar-refractivity contribution < 1.29 is 5.11 Å². The molecule has 1 nitrogen and oxygen atoms in total. The number of aliphatic hydroxyl groups is 1. The van der Waals surface area contributed by atoms with Gasteiger partial charge in [-0.05, 0) is 5.56 Å². The lowest BCUT2D eigenvalue weighted by Crippen LogP contribution is -2.14. The van der Waals surface area contributed by atoms with E-state index in [0.717, 1.165) is 5.56 Å². The van der Waals surface area contributed by atoms with E-state index in [1.807, 2.05) is 30.3 Å². The standard InChI is InChI=1S/C8H7Br3O/c9-8(10,11)7(12)6-4-2-1-3-5-6/h1-5,7,12H/t7-/m1/s1. The van der Waals surface area contributed by atoms with E-state index in [-0.39, 0.29) is 0 Å². The molecule has 1 aromatic carbocycles. The predicted octanol–water partition coefficient (Wildman–Crippen LogP) is 3.56. The maximum Gasteiger partial charge on any atom is 0.164 e. The molecule has 12 heavy (non-hydrogen) atoms. The fourth-order valence-electron chi connectivity index (χ4n) is 0.824. The van der Waals surface area contributed by atoms with Gasteiger partial charge in [-0.15, -0.1) is 0 Å². The maximum absolute atomic E-state index is 9.72. The van der Waals surface area contributed by atoms with Gasteiger partial charge < -0.3 is 5.11 Å². The van der Waals surface area contributed by atoms with E-state index < -0.39 is 8.25 Å². The lowest BCUT2D eigenvalue weighted by molar-refractivity contribution is 0.193. The van der Waals surface area contributed by atoms with Gasteiger partial charge in [-0.1, -0.05) is 78.1 Å². The van der Waals surface area contributed by atoms with Crippen molar-refractivity contribution >= 4 is 47.8 Å². The van der Waals surface area contributed by atoms with Crippen LogP contribution in [0.1, 0.15) is 11.7 Å². The van der Waals surface area contributed by atoms with E-state index in [4.69, 9.17) is 0 Å². The van der Waals surface area contributed by atoms with Gasteiger partial charge in [-0.2, -0.15) is 0 Å². The lowest BCUT2D eigenvalue weighted by atomic mass is 10.1. The van der Waals surface area contributed by atoms with Crippen molar-refractivity contribution in [3.63, 3.8) is 0 Å². The summed E-state index contributed by atoms with van der Waals surface area (Å²) >= 11 is 9.79. The number of halogens is 3. The van der Waals surface area contributed by atoms with Crippen LogP contribution >= 0.6 is 47.8 Å². The Morgan fingerprint density at radius 2 is 1.58 bits per heavy atom. The van der Waals surface area contributed by atoms with Gasteiger partial charge in [0.05, 0.1) is 0 Å². The summed E-state index contributed by atoms with van der Waals surface area (Å²) in [5.41, 5.74) is 0.850. The molecule has 0 aliphatic rings. The molecule has 0 bridgehead atoms. The van der Waals surface area contributed by atoms with Crippen LogP contribution in [0.15, 0.2) is 30.3 Å². The van der Waals surface area contributed by atoms with Crippen LogP contribution in [0.4, 0.5) is 0 Å². The zero-order chi connectivity index (χ0) is 9.19. The molecule has 0 aliphatic heterocycles. The molecule has 0 amide bonds. The van der Waals surface area contributed by atoms with Gasteiger partial charge in [0.1, 0.15) is 6.10 Å². The summed E-state index contributed by atoms with van der Waals surface area (Å²) in [7, 11) is 0. The number of benzene rings is 1. The topological polar surface area (TPSA) is 20.2 Å². The largest absolute Gasteiger partial charge is 0.385 e. The first-order chi connectivity index (χ1) is 5.52. The summed E-state index contributed by atoms with van der Waals surface area (Å²) in [5.74, 6) is 0. The first-order valence-electron chi connectivity index (χ1n) is 3.31. The Morgan fingerprint density at radius 3 is 2.00 bits per heavy atom. The Morgan fingerprint density at radius 1 is 1.08 bits per heavy atom. The molecule has 0 aliphatic carbocycles. The van der Waals surface area contributed by atoms with Crippen molar-refractivity contribution in [2.45, 2.75) is 8.25 Å². The minimum atomic E-state index is -0.644. The van der Waals surface area contributed by atoms with Crippen molar-refractivity contribution in [1.29, 1.82) is 0 Å². The van der Waals surface area contributed by atoms with E-state index in [2.05, 4.69) is 47.8 Å². The van der Waals surface area contributed by atoms with Crippen LogP contribution < -0.4 is 0 Å². The Labute approximate surface area is 96.6 Å². The van der Waals surface area contributed by atoms with Crippen molar-refractivity contribution in [3.05, 3.63) is 35.9 Å². The van der Waals surface area contributed by atoms with E-state index in [0.29, 0.717) is 0 Å². The quantitative estimate of drug-likeness (QED) is 0.761. The minimum Gasteiger partial charge on any atom is -0.385 e. The van der Waals surface area contributed by atoms with Gasteiger partial charge in [0.25, 0.3) is 0 Å². The normalized spacial score (nSPS) is 14.3. The third-order valence-electron chi connectivity index (χ3n) is 1.43. The van der Waals surface area contributed by atoms with Gasteiger partial charge in [-0.25, -0.2) is 0 Å². The summed E-state index contributed by atoms with van der Waals surface area (Å²) in [5, 5.41) is 9.72. The first-order valence-corrected chi connectivity index (χ1v) is 5.69. The van der Waals surface area contributed by atoms with Crippen LogP contribution in [0.3, 0.4) is 0 Å². The van der Waals surface area contributed by atoms with Gasteiger partial charge in [0, 0.05) is 0 Å². The third-order valence-corrected chi connectivity index (χ3v) is 2.73. The third kappa shape index (κ3) is 2.83. The minimum absolute atomic E-state index is 0.626. The van der Waals surface area contributed by atoms with E-state index >= 15 is 0 Å². The number of rotatable bonds is 1. The molecule has 0 spiro atoms. The van der Waals surface area contributed by atoms with Crippen molar-refractivity contribution in [2.75, 3.05) is 0 Å². The van der Waals surface area contributed by atoms with Gasteiger partial charge in [0.15, 0.2) is 2.14 Å². The van der Waals surface area contributed by atoms with E-state index in [9.17, 15) is 5.11 Å². The molecule has 66 valence electrons. The molecule has 1 N–H and O–H groups in total. The molecule has 0 aromatic heterocycles. The summed E-state index contributed by atoms with van der Waals surface area (Å²) < 4.78 is -0.644. The predicted molar refractivity (Wildman–Crippen MR) is 60.9 cm³/mol.